The van der Waals surface area contributed by atoms with E-state index in [9.17, 15) is 17.6 Å². The number of carbonyl (C=O) groups excluding carboxylic acids is 1. The Balaban J connectivity index is 2.34. The maximum absolute atomic E-state index is 14.0. The van der Waals surface area contributed by atoms with Crippen LogP contribution in [0.5, 0.6) is 0 Å². The van der Waals surface area contributed by atoms with Crippen LogP contribution >= 0.6 is 11.6 Å². The van der Waals surface area contributed by atoms with Crippen molar-refractivity contribution in [2.24, 2.45) is 0 Å². The van der Waals surface area contributed by atoms with Crippen molar-refractivity contribution in [2.45, 2.75) is 30.7 Å². The Bertz CT molecular complexity index is 646. The number of nitrogens with zero attached hydrogens (tertiary/aromatic N) is 1. The molecule has 0 N–H and O–H groups in total. The summed E-state index contributed by atoms with van der Waals surface area (Å²) < 4.78 is 44.8. The maximum atomic E-state index is 14.0. The van der Waals surface area contributed by atoms with Crippen molar-refractivity contribution in [3.63, 3.8) is 0 Å². The van der Waals surface area contributed by atoms with Gasteiger partial charge in [0.2, 0.25) is 10.0 Å². The number of halogens is 2. The first-order chi connectivity index (χ1) is 9.87. The molecule has 1 fully saturated rings. The van der Waals surface area contributed by atoms with E-state index in [0.717, 1.165) is 10.4 Å². The fourth-order valence-corrected chi connectivity index (χ4v) is 3.87. The minimum atomic E-state index is -4.13. The zero-order valence-electron chi connectivity index (χ0n) is 11.4. The van der Waals surface area contributed by atoms with Crippen LogP contribution < -0.4 is 0 Å². The molecule has 0 saturated heterocycles. The van der Waals surface area contributed by atoms with E-state index in [4.69, 9.17) is 16.3 Å². The minimum absolute atomic E-state index is 0.156. The number of esters is 1. The number of hydrogen-bond acceptors (Lipinski definition) is 4. The van der Waals surface area contributed by atoms with Gasteiger partial charge in [0, 0.05) is 6.04 Å². The monoisotopic (exact) mass is 335 g/mol. The largest absolute Gasteiger partial charge is 0.465 e. The van der Waals surface area contributed by atoms with Crippen LogP contribution in [0, 0.1) is 5.82 Å². The zero-order chi connectivity index (χ0) is 15.6. The highest BCUT2D eigenvalue weighted by Gasteiger charge is 2.40. The Hall–Kier alpha value is -1.18. The third kappa shape index (κ3) is 3.53. The average Bonchev–Trinajstić information content (AvgIpc) is 3.23. The van der Waals surface area contributed by atoms with Gasteiger partial charge in [-0.1, -0.05) is 17.7 Å². The van der Waals surface area contributed by atoms with E-state index in [1.54, 1.807) is 6.92 Å². The van der Waals surface area contributed by atoms with Crippen LogP contribution in [0.25, 0.3) is 0 Å². The third-order valence-electron chi connectivity index (χ3n) is 3.05. The molecule has 21 heavy (non-hydrogen) atoms. The molecule has 0 spiro atoms. The summed E-state index contributed by atoms with van der Waals surface area (Å²) in [7, 11) is -4.13. The second-order valence-corrected chi connectivity index (χ2v) is 6.90. The molecular weight excluding hydrogens is 321 g/mol. The molecule has 5 nitrogen and oxygen atoms in total. The Kier molecular flexibility index (Phi) is 4.85. The van der Waals surface area contributed by atoms with E-state index in [0.29, 0.717) is 12.8 Å². The van der Waals surface area contributed by atoms with Crippen LogP contribution in [0.1, 0.15) is 19.8 Å². The average molecular weight is 336 g/mol. The minimum Gasteiger partial charge on any atom is -0.465 e. The van der Waals surface area contributed by atoms with Crippen LogP contribution in [0.4, 0.5) is 4.39 Å². The molecule has 8 heteroatoms. The first-order valence-corrected chi connectivity index (χ1v) is 8.31. The van der Waals surface area contributed by atoms with Crippen molar-refractivity contribution < 1.29 is 22.3 Å². The molecule has 2 rings (SSSR count). The molecule has 0 radical (unpaired) electrons. The molecule has 0 unspecified atom stereocenters. The standard InChI is InChI=1S/C13H15ClFNO4S/c1-2-20-12(17)8-16(9-6-7-9)21(18,19)11-5-3-4-10(14)13(11)15/h3-5,9H,2,6-8H2,1H3. The molecule has 116 valence electrons. The molecule has 1 saturated carbocycles. The van der Waals surface area contributed by atoms with Gasteiger partial charge in [-0.3, -0.25) is 4.79 Å². The topological polar surface area (TPSA) is 63.7 Å². The van der Waals surface area contributed by atoms with Crippen molar-refractivity contribution in [3.05, 3.63) is 29.0 Å². The summed E-state index contributed by atoms with van der Waals surface area (Å²) in [6.45, 7) is 1.36. The van der Waals surface area contributed by atoms with Gasteiger partial charge in [-0.25, -0.2) is 12.8 Å². The molecule has 0 aromatic heterocycles. The van der Waals surface area contributed by atoms with Crippen LogP contribution in [0.2, 0.25) is 5.02 Å². The van der Waals surface area contributed by atoms with Crippen molar-refractivity contribution in [3.8, 4) is 0 Å². The first kappa shape index (κ1) is 16.2. The number of sulfonamides is 1. The van der Waals surface area contributed by atoms with Gasteiger partial charge >= 0.3 is 5.97 Å². The Labute approximate surface area is 127 Å². The van der Waals surface area contributed by atoms with E-state index in [1.807, 2.05) is 0 Å². The summed E-state index contributed by atoms with van der Waals surface area (Å²) in [5, 5.41) is -0.275. The highest BCUT2D eigenvalue weighted by molar-refractivity contribution is 7.89. The van der Waals surface area contributed by atoms with Gasteiger partial charge < -0.3 is 4.74 Å². The number of carbonyl (C=O) groups is 1. The van der Waals surface area contributed by atoms with Crippen molar-refractivity contribution >= 4 is 27.6 Å². The summed E-state index contributed by atoms with van der Waals surface area (Å²) in [4.78, 5) is 11.0. The van der Waals surface area contributed by atoms with Crippen LogP contribution in [0.3, 0.4) is 0 Å². The summed E-state index contributed by atoms with van der Waals surface area (Å²) in [6.07, 6.45) is 1.28. The molecule has 0 heterocycles. The smallest absolute Gasteiger partial charge is 0.321 e. The highest BCUT2D eigenvalue weighted by atomic mass is 35.5. The van der Waals surface area contributed by atoms with Gasteiger partial charge in [-0.15, -0.1) is 0 Å². The lowest BCUT2D eigenvalue weighted by Crippen LogP contribution is -2.38. The molecule has 0 atom stereocenters. The second-order valence-electron chi connectivity index (χ2n) is 4.64. The lowest BCUT2D eigenvalue weighted by atomic mass is 10.3. The van der Waals surface area contributed by atoms with E-state index in [2.05, 4.69) is 0 Å². The highest BCUT2D eigenvalue weighted by Crippen LogP contribution is 2.33. The predicted molar refractivity (Wildman–Crippen MR) is 75.0 cm³/mol. The van der Waals surface area contributed by atoms with Gasteiger partial charge in [0.1, 0.15) is 11.4 Å². The zero-order valence-corrected chi connectivity index (χ0v) is 13.0. The third-order valence-corrected chi connectivity index (χ3v) is 5.25. The van der Waals surface area contributed by atoms with Crippen LogP contribution in [0.15, 0.2) is 23.1 Å². The SMILES string of the molecule is CCOC(=O)CN(C1CC1)S(=O)(=O)c1cccc(Cl)c1F. The van der Waals surface area contributed by atoms with Crippen LogP contribution in [-0.2, 0) is 19.6 Å². The molecule has 1 aromatic carbocycles. The number of rotatable bonds is 6. The first-order valence-electron chi connectivity index (χ1n) is 6.49. The van der Waals surface area contributed by atoms with Crippen molar-refractivity contribution in [1.29, 1.82) is 0 Å². The Morgan fingerprint density at radius 1 is 1.48 bits per heavy atom. The number of ether oxygens (including phenoxy) is 1. The molecular formula is C13H15ClFNO4S. The normalized spacial score (nSPS) is 15.2. The molecule has 0 amide bonds. The number of hydrogen-bond donors (Lipinski definition) is 0. The molecule has 1 aliphatic carbocycles. The lowest BCUT2D eigenvalue weighted by molar-refractivity contribution is -0.143. The fourth-order valence-electron chi connectivity index (χ4n) is 1.92. The second kappa shape index (κ2) is 6.29. The maximum Gasteiger partial charge on any atom is 0.321 e. The molecule has 1 aromatic rings. The molecule has 1 aliphatic rings. The van der Waals surface area contributed by atoms with E-state index in [1.165, 1.54) is 12.1 Å². The van der Waals surface area contributed by atoms with Crippen molar-refractivity contribution in [1.82, 2.24) is 4.31 Å². The van der Waals surface area contributed by atoms with E-state index in [-0.39, 0.29) is 17.7 Å². The summed E-state index contributed by atoms with van der Waals surface area (Å²) in [5.41, 5.74) is 0. The van der Waals surface area contributed by atoms with Crippen molar-refractivity contribution in [2.75, 3.05) is 13.2 Å². The predicted octanol–water partition coefficient (Wildman–Crippen LogP) is 2.20. The molecule has 0 aliphatic heterocycles. The van der Waals surface area contributed by atoms with Gasteiger partial charge in [-0.05, 0) is 31.9 Å². The van der Waals surface area contributed by atoms with Gasteiger partial charge in [-0.2, -0.15) is 4.31 Å². The fraction of sp³-hybridized carbons (Fsp3) is 0.462. The summed E-state index contributed by atoms with van der Waals surface area (Å²) in [6, 6.07) is 3.46. The molecule has 0 bridgehead atoms. The Morgan fingerprint density at radius 3 is 2.71 bits per heavy atom. The summed E-state index contributed by atoms with van der Waals surface area (Å²) >= 11 is 5.63. The number of benzene rings is 1. The van der Waals surface area contributed by atoms with E-state index >= 15 is 0 Å². The lowest BCUT2D eigenvalue weighted by Gasteiger charge is -2.21. The van der Waals surface area contributed by atoms with Gasteiger partial charge in [0.15, 0.2) is 5.82 Å². The Morgan fingerprint density at radius 2 is 2.14 bits per heavy atom. The van der Waals surface area contributed by atoms with Crippen LogP contribution in [-0.4, -0.2) is 37.9 Å². The van der Waals surface area contributed by atoms with Gasteiger partial charge in [0.05, 0.1) is 11.6 Å². The quantitative estimate of drug-likeness (QED) is 0.748. The summed E-state index contributed by atoms with van der Waals surface area (Å²) in [5.74, 6) is -1.66. The van der Waals surface area contributed by atoms with Gasteiger partial charge in [0.25, 0.3) is 0 Å². The van der Waals surface area contributed by atoms with E-state index < -0.39 is 33.3 Å².